The minimum atomic E-state index is -0.496. The van der Waals surface area contributed by atoms with Gasteiger partial charge in [-0.05, 0) is 61.2 Å². The van der Waals surface area contributed by atoms with Crippen LogP contribution in [0.3, 0.4) is 0 Å². The summed E-state index contributed by atoms with van der Waals surface area (Å²) in [5.74, 6) is -0.496. The van der Waals surface area contributed by atoms with Gasteiger partial charge in [-0.25, -0.2) is 4.79 Å². The lowest BCUT2D eigenvalue weighted by Gasteiger charge is -2.11. The molecular weight excluding hydrogens is 426 g/mol. The van der Waals surface area contributed by atoms with Crippen molar-refractivity contribution >= 4 is 29.0 Å². The van der Waals surface area contributed by atoms with Gasteiger partial charge in [-0.1, -0.05) is 105 Å². The van der Waals surface area contributed by atoms with Crippen molar-refractivity contribution in [2.45, 2.75) is 55.7 Å². The molecule has 0 amide bonds. The quantitative estimate of drug-likeness (QED) is 0.0753. The minimum absolute atomic E-state index is 0.428. The highest BCUT2D eigenvalue weighted by atomic mass is 32.2. The van der Waals surface area contributed by atoms with E-state index in [1.54, 1.807) is 43.0 Å². The van der Waals surface area contributed by atoms with E-state index in [1.807, 2.05) is 30.3 Å². The van der Waals surface area contributed by atoms with Crippen LogP contribution in [0.1, 0.15) is 51.5 Å². The molecule has 2 rings (SSSR count). The Bertz CT molecular complexity index is 1000. The van der Waals surface area contributed by atoms with Gasteiger partial charge in [-0.3, -0.25) is 0 Å². The van der Waals surface area contributed by atoms with Gasteiger partial charge in [0.05, 0.1) is 11.3 Å². The van der Waals surface area contributed by atoms with E-state index >= 15 is 0 Å². The average molecular weight is 460 g/mol. The summed E-state index contributed by atoms with van der Waals surface area (Å²) in [6, 6.07) is 18.5. The lowest BCUT2D eigenvalue weighted by Crippen LogP contribution is -2.08. The van der Waals surface area contributed by atoms with E-state index in [9.17, 15) is 4.79 Å². The fourth-order valence-corrected chi connectivity index (χ4v) is 3.93. The highest BCUT2D eigenvalue weighted by Crippen LogP contribution is 2.29. The number of oxime groups is 1. The van der Waals surface area contributed by atoms with Crippen molar-refractivity contribution in [1.82, 2.24) is 0 Å². The van der Waals surface area contributed by atoms with E-state index in [0.29, 0.717) is 17.7 Å². The molecule has 0 spiro atoms. The molecule has 0 bridgehead atoms. The van der Waals surface area contributed by atoms with Crippen molar-refractivity contribution < 1.29 is 9.63 Å². The van der Waals surface area contributed by atoms with E-state index in [1.165, 1.54) is 11.3 Å². The highest BCUT2D eigenvalue weighted by Gasteiger charge is 2.12. The molecule has 172 valence electrons. The fraction of sp³-hybridized carbons (Fsp3) is 0.241. The number of hydrogen-bond donors (Lipinski definition) is 0. The standard InChI is InChI=1S/C29H33NO2S/c1-5-8-10-14-18-28(30-32-29(31)24(7-3)15-9-6-2)23(4)25-19-21-27(22-20-25)33-26-16-12-11-13-17-26/h6-7,9,11-13,15-17,19-22H,2,4-5,8,10,14,18H2,1,3H3/b15-9-,24-7+,30-28+. The van der Waals surface area contributed by atoms with Crippen LogP contribution < -0.4 is 0 Å². The lowest BCUT2D eigenvalue weighted by molar-refractivity contribution is -0.138. The maximum Gasteiger partial charge on any atom is 0.365 e. The molecular formula is C29H33NO2S. The topological polar surface area (TPSA) is 38.7 Å². The van der Waals surface area contributed by atoms with Crippen LogP contribution in [0, 0.1) is 0 Å². The summed E-state index contributed by atoms with van der Waals surface area (Å²) in [7, 11) is 0. The number of hydrogen-bond acceptors (Lipinski definition) is 4. The molecule has 0 aliphatic heterocycles. The normalized spacial score (nSPS) is 12.1. The molecule has 0 atom stereocenters. The Balaban J connectivity index is 2.15. The second-order valence-corrected chi connectivity index (χ2v) is 8.63. The first-order chi connectivity index (χ1) is 16.1. The third-order valence-corrected chi connectivity index (χ3v) is 6.01. The van der Waals surface area contributed by atoms with E-state index in [0.717, 1.165) is 35.3 Å². The summed E-state index contributed by atoms with van der Waals surface area (Å²) in [5.41, 5.74) is 2.87. The molecule has 2 aromatic rings. The van der Waals surface area contributed by atoms with Gasteiger partial charge >= 0.3 is 5.97 Å². The first kappa shape index (κ1) is 26.1. The Labute approximate surface area is 202 Å². The fourth-order valence-electron chi connectivity index (χ4n) is 3.09. The zero-order valence-corrected chi connectivity index (χ0v) is 20.4. The molecule has 0 saturated carbocycles. The van der Waals surface area contributed by atoms with Crippen molar-refractivity contribution in [3.63, 3.8) is 0 Å². The predicted molar refractivity (Wildman–Crippen MR) is 141 cm³/mol. The van der Waals surface area contributed by atoms with Crippen molar-refractivity contribution in [2.75, 3.05) is 0 Å². The van der Waals surface area contributed by atoms with Gasteiger partial charge in [0.1, 0.15) is 0 Å². The van der Waals surface area contributed by atoms with E-state index in [-0.39, 0.29) is 0 Å². The highest BCUT2D eigenvalue weighted by molar-refractivity contribution is 7.99. The van der Waals surface area contributed by atoms with Crippen LogP contribution in [0.15, 0.2) is 113 Å². The minimum Gasteiger partial charge on any atom is -0.313 e. The maximum absolute atomic E-state index is 12.4. The molecule has 3 nitrogen and oxygen atoms in total. The summed E-state index contributed by atoms with van der Waals surface area (Å²) in [4.78, 5) is 20.1. The van der Waals surface area contributed by atoms with E-state index in [4.69, 9.17) is 4.84 Å². The SMILES string of the molecule is C=C/C=C\C(=C/C)C(=O)O/N=C(\CCCCCC)C(=C)c1ccc(Sc2ccccc2)cc1. The Morgan fingerprint density at radius 2 is 1.73 bits per heavy atom. The monoisotopic (exact) mass is 459 g/mol. The number of carbonyl (C=O) groups excluding carboxylic acids is 1. The number of allylic oxidation sites excluding steroid dienone is 4. The van der Waals surface area contributed by atoms with Crippen molar-refractivity contribution in [3.05, 3.63) is 103 Å². The van der Waals surface area contributed by atoms with Crippen LogP contribution in [0.5, 0.6) is 0 Å². The molecule has 0 saturated heterocycles. The molecule has 33 heavy (non-hydrogen) atoms. The number of carbonyl (C=O) groups is 1. The first-order valence-corrected chi connectivity index (χ1v) is 12.2. The summed E-state index contributed by atoms with van der Waals surface area (Å²) in [6.07, 6.45) is 11.8. The maximum atomic E-state index is 12.4. The van der Waals surface area contributed by atoms with E-state index in [2.05, 4.69) is 49.5 Å². The smallest absolute Gasteiger partial charge is 0.313 e. The van der Waals surface area contributed by atoms with Gasteiger partial charge in [0.25, 0.3) is 0 Å². The zero-order chi connectivity index (χ0) is 23.9. The molecule has 0 N–H and O–H groups in total. The largest absolute Gasteiger partial charge is 0.365 e. The number of rotatable bonds is 13. The molecule has 0 aliphatic rings. The third kappa shape index (κ3) is 9.11. The Morgan fingerprint density at radius 3 is 2.36 bits per heavy atom. The molecule has 0 radical (unpaired) electrons. The number of unbranched alkanes of at least 4 members (excludes halogenated alkanes) is 3. The molecule has 4 heteroatoms. The van der Waals surface area contributed by atoms with Crippen molar-refractivity contribution in [3.8, 4) is 0 Å². The summed E-state index contributed by atoms with van der Waals surface area (Å²) < 4.78 is 0. The van der Waals surface area contributed by atoms with Gasteiger partial charge in [-0.15, -0.1) is 0 Å². The molecule has 0 aromatic heterocycles. The summed E-state index contributed by atoms with van der Waals surface area (Å²) in [5, 5.41) is 4.23. The lowest BCUT2D eigenvalue weighted by atomic mass is 9.98. The molecule has 0 heterocycles. The van der Waals surface area contributed by atoms with Crippen molar-refractivity contribution in [1.29, 1.82) is 0 Å². The predicted octanol–water partition coefficient (Wildman–Crippen LogP) is 8.41. The second kappa shape index (κ2) is 14.9. The third-order valence-electron chi connectivity index (χ3n) is 4.99. The molecule has 0 fully saturated rings. The first-order valence-electron chi connectivity index (χ1n) is 11.3. The van der Waals surface area contributed by atoms with Gasteiger partial charge in [0.2, 0.25) is 0 Å². The number of benzene rings is 2. The Hall–Kier alpha value is -3.11. The number of nitrogens with zero attached hydrogens (tertiary/aromatic N) is 1. The van der Waals surface area contributed by atoms with Gasteiger partial charge in [-0.2, -0.15) is 0 Å². The Kier molecular flexibility index (Phi) is 11.8. The van der Waals surface area contributed by atoms with Gasteiger partial charge in [0.15, 0.2) is 0 Å². The van der Waals surface area contributed by atoms with Crippen LogP contribution in [0.4, 0.5) is 0 Å². The molecule has 2 aromatic carbocycles. The van der Waals surface area contributed by atoms with Crippen LogP contribution in [0.25, 0.3) is 5.57 Å². The molecule has 0 unspecified atom stereocenters. The average Bonchev–Trinajstić information content (AvgIpc) is 2.84. The zero-order valence-electron chi connectivity index (χ0n) is 19.6. The summed E-state index contributed by atoms with van der Waals surface area (Å²) >= 11 is 1.71. The van der Waals surface area contributed by atoms with Gasteiger partial charge < -0.3 is 4.84 Å². The second-order valence-electron chi connectivity index (χ2n) is 7.48. The van der Waals surface area contributed by atoms with E-state index < -0.39 is 5.97 Å². The van der Waals surface area contributed by atoms with Crippen molar-refractivity contribution in [2.24, 2.45) is 5.16 Å². The van der Waals surface area contributed by atoms with Crippen LogP contribution >= 0.6 is 11.8 Å². The Morgan fingerprint density at radius 1 is 1.03 bits per heavy atom. The van der Waals surface area contributed by atoms with Crippen LogP contribution in [-0.2, 0) is 9.63 Å². The molecule has 0 aliphatic carbocycles. The summed E-state index contributed by atoms with van der Waals surface area (Å²) in [6.45, 7) is 11.9. The van der Waals surface area contributed by atoms with Crippen LogP contribution in [0.2, 0.25) is 0 Å². The van der Waals surface area contributed by atoms with Gasteiger partial charge in [0, 0.05) is 9.79 Å². The van der Waals surface area contributed by atoms with Crippen LogP contribution in [-0.4, -0.2) is 11.7 Å².